The molecule has 0 radical (unpaired) electrons. The van der Waals surface area contributed by atoms with Gasteiger partial charge in [-0.2, -0.15) is 0 Å². The summed E-state index contributed by atoms with van der Waals surface area (Å²) in [5, 5.41) is 0. The number of carbonyl (C=O) groups excluding carboxylic acids is 1. The number of aromatic nitrogens is 2. The summed E-state index contributed by atoms with van der Waals surface area (Å²) in [4.78, 5) is 19.7. The van der Waals surface area contributed by atoms with Crippen LogP contribution in [0.15, 0.2) is 12.3 Å². The minimum Gasteiger partial charge on any atom is -0.461 e. The number of rotatable bonds is 3. The molecule has 2 heterocycles. The van der Waals surface area contributed by atoms with E-state index in [4.69, 9.17) is 9.47 Å². The SMILES string of the molecule is CCOC(=O)c1ccnc(C2CCCO2)n1. The zero-order valence-electron chi connectivity index (χ0n) is 9.18. The zero-order valence-corrected chi connectivity index (χ0v) is 9.18. The average Bonchev–Trinajstić information content (AvgIpc) is 2.83. The molecule has 0 saturated carbocycles. The third kappa shape index (κ3) is 2.36. The molecule has 0 spiro atoms. The van der Waals surface area contributed by atoms with Gasteiger partial charge in [0.15, 0.2) is 11.5 Å². The van der Waals surface area contributed by atoms with Crippen molar-refractivity contribution in [3.63, 3.8) is 0 Å². The third-order valence-electron chi connectivity index (χ3n) is 2.38. The monoisotopic (exact) mass is 222 g/mol. The lowest BCUT2D eigenvalue weighted by Crippen LogP contribution is -2.11. The number of ether oxygens (including phenoxy) is 2. The molecule has 0 aromatic carbocycles. The molecule has 1 aliphatic rings. The molecule has 1 aromatic rings. The van der Waals surface area contributed by atoms with Crippen molar-refractivity contribution in [1.29, 1.82) is 0 Å². The van der Waals surface area contributed by atoms with Crippen molar-refractivity contribution in [2.45, 2.75) is 25.9 Å². The summed E-state index contributed by atoms with van der Waals surface area (Å²) in [6, 6.07) is 1.55. The number of nitrogens with zero attached hydrogens (tertiary/aromatic N) is 2. The molecule has 1 atom stereocenters. The highest BCUT2D eigenvalue weighted by Gasteiger charge is 2.21. The van der Waals surface area contributed by atoms with Crippen molar-refractivity contribution in [3.8, 4) is 0 Å². The Hall–Kier alpha value is -1.49. The molecule has 0 aliphatic carbocycles. The van der Waals surface area contributed by atoms with Crippen LogP contribution in [0.1, 0.15) is 42.2 Å². The second-order valence-electron chi connectivity index (χ2n) is 3.52. The Morgan fingerprint density at radius 1 is 1.69 bits per heavy atom. The fourth-order valence-electron chi connectivity index (χ4n) is 1.63. The summed E-state index contributed by atoms with van der Waals surface area (Å²) < 4.78 is 10.3. The van der Waals surface area contributed by atoms with Crippen molar-refractivity contribution in [2.75, 3.05) is 13.2 Å². The van der Waals surface area contributed by atoms with E-state index in [1.165, 1.54) is 0 Å². The van der Waals surface area contributed by atoms with Gasteiger partial charge in [0.05, 0.1) is 6.61 Å². The molecule has 0 bridgehead atoms. The molecule has 5 nitrogen and oxygen atoms in total. The summed E-state index contributed by atoms with van der Waals surface area (Å²) in [6.45, 7) is 2.84. The van der Waals surface area contributed by atoms with Crippen molar-refractivity contribution < 1.29 is 14.3 Å². The molecular formula is C11H14N2O3. The second kappa shape index (κ2) is 5.03. The van der Waals surface area contributed by atoms with E-state index in [-0.39, 0.29) is 6.10 Å². The van der Waals surface area contributed by atoms with E-state index in [1.807, 2.05) is 0 Å². The maximum Gasteiger partial charge on any atom is 0.357 e. The van der Waals surface area contributed by atoms with E-state index in [0.717, 1.165) is 19.4 Å². The minimum absolute atomic E-state index is 0.0747. The molecule has 5 heteroatoms. The smallest absolute Gasteiger partial charge is 0.357 e. The Morgan fingerprint density at radius 3 is 3.25 bits per heavy atom. The van der Waals surface area contributed by atoms with Gasteiger partial charge >= 0.3 is 5.97 Å². The topological polar surface area (TPSA) is 61.3 Å². The first-order valence-electron chi connectivity index (χ1n) is 5.43. The molecule has 1 fully saturated rings. The molecule has 1 aromatic heterocycles. The van der Waals surface area contributed by atoms with E-state index in [1.54, 1.807) is 19.2 Å². The zero-order chi connectivity index (χ0) is 11.4. The number of esters is 1. The summed E-state index contributed by atoms with van der Waals surface area (Å²) >= 11 is 0. The first-order valence-corrected chi connectivity index (χ1v) is 5.43. The van der Waals surface area contributed by atoms with E-state index in [0.29, 0.717) is 18.1 Å². The van der Waals surface area contributed by atoms with Crippen molar-refractivity contribution >= 4 is 5.97 Å². The number of carbonyl (C=O) groups is 1. The Bertz CT molecular complexity index is 375. The van der Waals surface area contributed by atoms with E-state index < -0.39 is 5.97 Å². The molecule has 1 aliphatic heterocycles. The van der Waals surface area contributed by atoms with Crippen LogP contribution in [0.2, 0.25) is 0 Å². The van der Waals surface area contributed by atoms with Crippen LogP contribution in [0.25, 0.3) is 0 Å². The van der Waals surface area contributed by atoms with Gasteiger partial charge < -0.3 is 9.47 Å². The number of hydrogen-bond acceptors (Lipinski definition) is 5. The summed E-state index contributed by atoms with van der Waals surface area (Å²) in [5.41, 5.74) is 0.294. The van der Waals surface area contributed by atoms with Gasteiger partial charge in [0, 0.05) is 12.8 Å². The van der Waals surface area contributed by atoms with Crippen LogP contribution in [-0.4, -0.2) is 29.2 Å². The van der Waals surface area contributed by atoms with Gasteiger partial charge in [-0.25, -0.2) is 14.8 Å². The van der Waals surface area contributed by atoms with Crippen LogP contribution in [0.5, 0.6) is 0 Å². The van der Waals surface area contributed by atoms with Crippen molar-refractivity contribution in [3.05, 3.63) is 23.8 Å². The van der Waals surface area contributed by atoms with Gasteiger partial charge in [0.1, 0.15) is 6.10 Å². The van der Waals surface area contributed by atoms with Crippen molar-refractivity contribution in [2.24, 2.45) is 0 Å². The quantitative estimate of drug-likeness (QED) is 0.725. The molecular weight excluding hydrogens is 208 g/mol. The van der Waals surface area contributed by atoms with Gasteiger partial charge in [0.2, 0.25) is 0 Å². The summed E-state index contributed by atoms with van der Waals surface area (Å²) in [6.07, 6.45) is 3.41. The summed E-state index contributed by atoms with van der Waals surface area (Å²) in [5.74, 6) is 0.159. The lowest BCUT2D eigenvalue weighted by molar-refractivity contribution is 0.0516. The molecule has 0 N–H and O–H groups in total. The van der Waals surface area contributed by atoms with Gasteiger partial charge in [0.25, 0.3) is 0 Å². The van der Waals surface area contributed by atoms with Gasteiger partial charge in [-0.3, -0.25) is 0 Å². The van der Waals surface area contributed by atoms with E-state index in [2.05, 4.69) is 9.97 Å². The first-order chi connectivity index (χ1) is 7.81. The largest absolute Gasteiger partial charge is 0.461 e. The maximum absolute atomic E-state index is 11.5. The molecule has 1 saturated heterocycles. The highest BCUT2D eigenvalue weighted by molar-refractivity contribution is 5.87. The lowest BCUT2D eigenvalue weighted by atomic mass is 10.2. The van der Waals surface area contributed by atoms with Crippen LogP contribution in [0.4, 0.5) is 0 Å². The van der Waals surface area contributed by atoms with Gasteiger partial charge in [-0.15, -0.1) is 0 Å². The van der Waals surface area contributed by atoms with Gasteiger partial charge in [-0.1, -0.05) is 0 Å². The Labute approximate surface area is 93.8 Å². The van der Waals surface area contributed by atoms with Crippen LogP contribution < -0.4 is 0 Å². The Morgan fingerprint density at radius 2 is 2.56 bits per heavy atom. The van der Waals surface area contributed by atoms with Crippen LogP contribution >= 0.6 is 0 Å². The van der Waals surface area contributed by atoms with E-state index in [9.17, 15) is 4.79 Å². The second-order valence-corrected chi connectivity index (χ2v) is 3.52. The molecule has 86 valence electrons. The fraction of sp³-hybridized carbons (Fsp3) is 0.545. The molecule has 1 unspecified atom stereocenters. The third-order valence-corrected chi connectivity index (χ3v) is 2.38. The lowest BCUT2D eigenvalue weighted by Gasteiger charge is -2.08. The predicted octanol–water partition coefficient (Wildman–Crippen LogP) is 1.50. The highest BCUT2D eigenvalue weighted by atomic mass is 16.5. The maximum atomic E-state index is 11.5. The molecule has 2 rings (SSSR count). The van der Waals surface area contributed by atoms with Crippen LogP contribution in [0, 0.1) is 0 Å². The summed E-state index contributed by atoms with van der Waals surface area (Å²) in [7, 11) is 0. The normalized spacial score (nSPS) is 19.7. The fourth-order valence-corrected chi connectivity index (χ4v) is 1.63. The van der Waals surface area contributed by atoms with E-state index >= 15 is 0 Å². The minimum atomic E-state index is -0.413. The molecule has 0 amide bonds. The molecule has 16 heavy (non-hydrogen) atoms. The highest BCUT2D eigenvalue weighted by Crippen LogP contribution is 2.25. The first kappa shape index (κ1) is 11.0. The number of hydrogen-bond donors (Lipinski definition) is 0. The Balaban J connectivity index is 2.15. The van der Waals surface area contributed by atoms with Crippen LogP contribution in [-0.2, 0) is 9.47 Å². The van der Waals surface area contributed by atoms with Crippen molar-refractivity contribution in [1.82, 2.24) is 9.97 Å². The standard InChI is InChI=1S/C11H14N2O3/c1-2-15-11(14)8-5-6-12-10(13-8)9-4-3-7-16-9/h5-6,9H,2-4,7H2,1H3. The average molecular weight is 222 g/mol. The van der Waals surface area contributed by atoms with Crippen LogP contribution in [0.3, 0.4) is 0 Å². The Kier molecular flexibility index (Phi) is 3.46. The predicted molar refractivity (Wildman–Crippen MR) is 55.9 cm³/mol. The van der Waals surface area contributed by atoms with Gasteiger partial charge in [-0.05, 0) is 25.8 Å².